The molecule has 9 heteroatoms. The molecule has 4 heterocycles. The minimum atomic E-state index is -0.561. The van der Waals surface area contributed by atoms with E-state index >= 15 is 0 Å². The van der Waals surface area contributed by atoms with Gasteiger partial charge in [-0.05, 0) is 19.1 Å². The number of halogens is 2. The molecule has 3 aliphatic rings. The van der Waals surface area contributed by atoms with Gasteiger partial charge in [-0.2, -0.15) is 5.10 Å². The van der Waals surface area contributed by atoms with E-state index in [1.165, 1.54) is 12.1 Å². The highest BCUT2D eigenvalue weighted by atomic mass is 35.5. The maximum absolute atomic E-state index is 14.0. The lowest BCUT2D eigenvalue weighted by Gasteiger charge is -2.61. The zero-order chi connectivity index (χ0) is 19.5. The van der Waals surface area contributed by atoms with Crippen molar-refractivity contribution in [2.75, 3.05) is 42.6 Å². The van der Waals surface area contributed by atoms with Gasteiger partial charge in [-0.1, -0.05) is 11.6 Å². The van der Waals surface area contributed by atoms with Crippen molar-refractivity contribution in [3.8, 4) is 5.75 Å². The normalized spacial score (nSPS) is 22.2. The Balaban J connectivity index is 1.28. The van der Waals surface area contributed by atoms with Crippen LogP contribution in [0, 0.1) is 11.2 Å². The number of aromatic nitrogens is 2. The molecular formula is C19H19ClFN5O2. The predicted octanol–water partition coefficient (Wildman–Crippen LogP) is 2.80. The minimum absolute atomic E-state index is 0.0119. The summed E-state index contributed by atoms with van der Waals surface area (Å²) in [5, 5.41) is 8.03. The topological polar surface area (TPSA) is 61.8 Å². The molecular weight excluding hydrogens is 385 g/mol. The van der Waals surface area contributed by atoms with Crippen LogP contribution in [0.2, 0.25) is 5.02 Å². The molecule has 0 N–H and O–H groups in total. The van der Waals surface area contributed by atoms with E-state index in [1.54, 1.807) is 11.1 Å². The molecule has 1 aromatic carbocycles. The first-order valence-corrected chi connectivity index (χ1v) is 9.56. The Hall–Kier alpha value is -2.61. The van der Waals surface area contributed by atoms with Crippen LogP contribution >= 0.6 is 11.6 Å². The molecule has 1 atom stereocenters. The van der Waals surface area contributed by atoms with Crippen LogP contribution < -0.4 is 14.5 Å². The van der Waals surface area contributed by atoms with Gasteiger partial charge in [0.2, 0.25) is 0 Å². The van der Waals surface area contributed by atoms with Crippen molar-refractivity contribution in [1.29, 1.82) is 0 Å². The lowest BCUT2D eigenvalue weighted by atomic mass is 9.73. The molecule has 2 amide bonds. The van der Waals surface area contributed by atoms with Gasteiger partial charge in [0.05, 0.1) is 16.8 Å². The fourth-order valence-corrected chi connectivity index (χ4v) is 4.43. The summed E-state index contributed by atoms with van der Waals surface area (Å²) in [5.74, 6) is 0.737. The van der Waals surface area contributed by atoms with Crippen LogP contribution in [0.1, 0.15) is 6.92 Å². The van der Waals surface area contributed by atoms with Crippen LogP contribution in [0.15, 0.2) is 30.5 Å². The highest BCUT2D eigenvalue weighted by molar-refractivity contribution is 6.31. The third kappa shape index (κ3) is 2.66. The van der Waals surface area contributed by atoms with Crippen LogP contribution in [-0.4, -0.2) is 60.0 Å². The Morgan fingerprint density at radius 1 is 1.32 bits per heavy atom. The van der Waals surface area contributed by atoms with E-state index in [4.69, 9.17) is 16.3 Å². The fraction of sp³-hybridized carbons (Fsp3) is 0.421. The molecule has 146 valence electrons. The van der Waals surface area contributed by atoms with Crippen LogP contribution in [0.4, 0.5) is 20.7 Å². The summed E-state index contributed by atoms with van der Waals surface area (Å²) in [6, 6.07) is 6.21. The molecule has 5 rings (SSSR count). The number of urea groups is 1. The van der Waals surface area contributed by atoms with Gasteiger partial charge in [-0.25, -0.2) is 9.18 Å². The van der Waals surface area contributed by atoms with Crippen molar-refractivity contribution in [3.05, 3.63) is 41.3 Å². The molecule has 2 fully saturated rings. The van der Waals surface area contributed by atoms with Gasteiger partial charge in [0.1, 0.15) is 18.2 Å². The zero-order valence-electron chi connectivity index (χ0n) is 15.3. The van der Waals surface area contributed by atoms with Crippen LogP contribution in [0.3, 0.4) is 0 Å². The highest BCUT2D eigenvalue weighted by Crippen LogP contribution is 2.43. The third-order valence-electron chi connectivity index (χ3n) is 5.65. The summed E-state index contributed by atoms with van der Waals surface area (Å²) in [6.07, 6.45) is 1.65. The van der Waals surface area contributed by atoms with Gasteiger partial charge in [-0.15, -0.1) is 5.10 Å². The number of benzene rings is 1. The van der Waals surface area contributed by atoms with E-state index in [9.17, 15) is 9.18 Å². The van der Waals surface area contributed by atoms with Gasteiger partial charge in [0.15, 0.2) is 5.82 Å². The Kier molecular flexibility index (Phi) is 3.87. The number of carbonyl (C=O) groups excluding carboxylic acids is 1. The summed E-state index contributed by atoms with van der Waals surface area (Å²) >= 11 is 5.86. The second-order valence-electron chi connectivity index (χ2n) is 7.84. The maximum atomic E-state index is 14.0. The number of hydrogen-bond acceptors (Lipinski definition) is 5. The van der Waals surface area contributed by atoms with E-state index in [1.807, 2.05) is 24.0 Å². The number of likely N-dealkylation sites (tertiary alicyclic amines) is 1. The summed E-state index contributed by atoms with van der Waals surface area (Å²) in [6.45, 7) is 5.31. The third-order valence-corrected chi connectivity index (χ3v) is 5.94. The van der Waals surface area contributed by atoms with Crippen molar-refractivity contribution < 1.29 is 13.9 Å². The first-order valence-electron chi connectivity index (χ1n) is 9.18. The van der Waals surface area contributed by atoms with E-state index in [0.717, 1.165) is 18.9 Å². The molecule has 0 saturated carbocycles. The molecule has 0 radical (unpaired) electrons. The molecule has 28 heavy (non-hydrogen) atoms. The second kappa shape index (κ2) is 6.20. The Labute approximate surface area is 166 Å². The standard InChI is InChI=1S/C19H19ClFN5O2/c1-12-7-28-16-5-13(20)14(21)6-15(16)26(12)18(27)25-10-19(11-25)8-24(9-19)17-3-2-4-22-23-17/h2-6,12H,7-11H2,1H3. The number of rotatable bonds is 1. The molecule has 3 aliphatic heterocycles. The summed E-state index contributed by atoms with van der Waals surface area (Å²) in [7, 11) is 0. The SMILES string of the molecule is CC1COc2cc(Cl)c(F)cc2N1C(=O)N1CC2(C1)CN(c1cccnn1)C2. The molecule has 1 unspecified atom stereocenters. The van der Waals surface area contributed by atoms with Crippen LogP contribution in [-0.2, 0) is 0 Å². The van der Waals surface area contributed by atoms with E-state index in [-0.39, 0.29) is 22.5 Å². The number of nitrogens with zero attached hydrogens (tertiary/aromatic N) is 5. The fourth-order valence-electron chi connectivity index (χ4n) is 4.27. The second-order valence-corrected chi connectivity index (χ2v) is 8.25. The minimum Gasteiger partial charge on any atom is -0.489 e. The number of carbonyl (C=O) groups is 1. The van der Waals surface area contributed by atoms with Crippen molar-refractivity contribution in [1.82, 2.24) is 15.1 Å². The van der Waals surface area contributed by atoms with Crippen molar-refractivity contribution in [2.45, 2.75) is 13.0 Å². The molecule has 0 bridgehead atoms. The number of amides is 2. The van der Waals surface area contributed by atoms with E-state index < -0.39 is 5.82 Å². The summed E-state index contributed by atoms with van der Waals surface area (Å²) in [5.41, 5.74) is 0.540. The van der Waals surface area contributed by atoms with Gasteiger partial charge in [-0.3, -0.25) is 4.90 Å². The quantitative estimate of drug-likeness (QED) is 0.732. The lowest BCUT2D eigenvalue weighted by molar-refractivity contribution is 0.00849. The highest BCUT2D eigenvalue weighted by Gasteiger charge is 2.54. The average molecular weight is 404 g/mol. The number of anilines is 2. The molecule has 1 aromatic heterocycles. The van der Waals surface area contributed by atoms with Gasteiger partial charge in [0.25, 0.3) is 0 Å². The Bertz CT molecular complexity index is 929. The maximum Gasteiger partial charge on any atom is 0.325 e. The number of hydrogen-bond donors (Lipinski definition) is 0. The van der Waals surface area contributed by atoms with E-state index in [0.29, 0.717) is 31.1 Å². The number of fused-ring (bicyclic) bond motifs is 1. The predicted molar refractivity (Wildman–Crippen MR) is 102 cm³/mol. The zero-order valence-corrected chi connectivity index (χ0v) is 16.1. The van der Waals surface area contributed by atoms with Crippen LogP contribution in [0.5, 0.6) is 5.75 Å². The van der Waals surface area contributed by atoms with Gasteiger partial charge >= 0.3 is 6.03 Å². The van der Waals surface area contributed by atoms with Crippen molar-refractivity contribution in [2.24, 2.45) is 5.41 Å². The smallest absolute Gasteiger partial charge is 0.325 e. The first kappa shape index (κ1) is 17.5. The molecule has 1 spiro atoms. The number of ether oxygens (including phenoxy) is 1. The van der Waals surface area contributed by atoms with Crippen LogP contribution in [0.25, 0.3) is 0 Å². The lowest BCUT2D eigenvalue weighted by Crippen LogP contribution is -2.74. The van der Waals surface area contributed by atoms with Crippen molar-refractivity contribution in [3.63, 3.8) is 0 Å². The molecule has 2 saturated heterocycles. The van der Waals surface area contributed by atoms with Gasteiger partial charge < -0.3 is 14.5 Å². The summed E-state index contributed by atoms with van der Waals surface area (Å²) in [4.78, 5) is 18.7. The Morgan fingerprint density at radius 3 is 2.82 bits per heavy atom. The average Bonchev–Trinajstić information content (AvgIpc) is 2.61. The van der Waals surface area contributed by atoms with Crippen molar-refractivity contribution >= 4 is 29.1 Å². The summed E-state index contributed by atoms with van der Waals surface area (Å²) < 4.78 is 19.6. The largest absolute Gasteiger partial charge is 0.489 e. The van der Waals surface area contributed by atoms with Gasteiger partial charge in [0, 0.05) is 49.9 Å². The molecule has 7 nitrogen and oxygen atoms in total. The first-order chi connectivity index (χ1) is 13.5. The monoisotopic (exact) mass is 403 g/mol. The molecule has 2 aromatic rings. The molecule has 0 aliphatic carbocycles. The van der Waals surface area contributed by atoms with E-state index in [2.05, 4.69) is 15.1 Å². The Morgan fingerprint density at radius 2 is 2.11 bits per heavy atom.